The Kier molecular flexibility index (Phi) is 3.42. The van der Waals surface area contributed by atoms with Crippen LogP contribution >= 0.6 is 0 Å². The third-order valence-corrected chi connectivity index (χ3v) is 2.59. The van der Waals surface area contributed by atoms with Crippen LogP contribution in [0.2, 0.25) is 0 Å². The Morgan fingerprint density at radius 2 is 2.21 bits per heavy atom. The van der Waals surface area contributed by atoms with Gasteiger partial charge in [0.2, 0.25) is 0 Å². The van der Waals surface area contributed by atoms with Gasteiger partial charge in [-0.15, -0.1) is 0 Å². The Morgan fingerprint density at radius 1 is 1.47 bits per heavy atom. The number of anilines is 1. The quantitative estimate of drug-likeness (QED) is 0.314. The number of amidine groups is 1. The molecule has 0 aliphatic carbocycles. The number of nitrogens with one attached hydrogen (secondary N) is 1. The maximum Gasteiger partial charge on any atom is 0.280 e. The molecule has 4 N–H and O–H groups in total. The minimum Gasteiger partial charge on any atom is -0.409 e. The van der Waals surface area contributed by atoms with Crippen LogP contribution in [0, 0.1) is 0 Å². The highest BCUT2D eigenvalue weighted by Crippen LogP contribution is 2.20. The number of nitrogens with zero attached hydrogens (tertiary/aromatic N) is 4. The van der Waals surface area contributed by atoms with Crippen molar-refractivity contribution in [2.24, 2.45) is 10.9 Å². The summed E-state index contributed by atoms with van der Waals surface area (Å²) in [6.45, 7) is 0. The van der Waals surface area contributed by atoms with Gasteiger partial charge in [0.15, 0.2) is 11.5 Å². The second kappa shape index (κ2) is 5.17. The van der Waals surface area contributed by atoms with E-state index in [0.29, 0.717) is 11.3 Å². The van der Waals surface area contributed by atoms with E-state index in [1.165, 1.54) is 11.1 Å². The summed E-state index contributed by atoms with van der Waals surface area (Å²) in [7, 11) is 1.57. The predicted molar refractivity (Wildman–Crippen MR) is 68.1 cm³/mol. The van der Waals surface area contributed by atoms with Crippen molar-refractivity contribution in [2.45, 2.75) is 0 Å². The number of nitrogens with two attached hydrogens (primary N) is 1. The van der Waals surface area contributed by atoms with Crippen LogP contribution in [0.25, 0.3) is 0 Å². The smallest absolute Gasteiger partial charge is 0.280 e. The number of amides is 1. The molecule has 1 aromatic carbocycles. The van der Waals surface area contributed by atoms with Crippen LogP contribution in [-0.2, 0) is 0 Å². The van der Waals surface area contributed by atoms with E-state index >= 15 is 0 Å². The van der Waals surface area contributed by atoms with E-state index in [1.54, 1.807) is 31.3 Å². The molecule has 0 saturated heterocycles. The van der Waals surface area contributed by atoms with Gasteiger partial charge in [0.25, 0.3) is 5.91 Å². The lowest BCUT2D eigenvalue weighted by atomic mass is 10.1. The highest BCUT2D eigenvalue weighted by Gasteiger charge is 2.19. The Labute approximate surface area is 108 Å². The molecule has 2 aromatic rings. The lowest BCUT2D eigenvalue weighted by Gasteiger charge is -2.18. The van der Waals surface area contributed by atoms with Crippen LogP contribution in [0.4, 0.5) is 5.69 Å². The summed E-state index contributed by atoms with van der Waals surface area (Å²) >= 11 is 0. The Morgan fingerprint density at radius 3 is 2.84 bits per heavy atom. The minimum absolute atomic E-state index is 0.0737. The van der Waals surface area contributed by atoms with Gasteiger partial charge in [0.05, 0.1) is 11.9 Å². The molecule has 2 rings (SSSR count). The lowest BCUT2D eigenvalue weighted by molar-refractivity contribution is 0.0988. The van der Waals surface area contributed by atoms with Crippen LogP contribution in [0.15, 0.2) is 35.6 Å². The van der Waals surface area contributed by atoms with Crippen LogP contribution in [0.3, 0.4) is 0 Å². The summed E-state index contributed by atoms with van der Waals surface area (Å²) in [6.07, 6.45) is 1.32. The number of para-hydroxylation sites is 1. The van der Waals surface area contributed by atoms with Crippen molar-refractivity contribution in [1.82, 2.24) is 15.4 Å². The van der Waals surface area contributed by atoms with Crippen molar-refractivity contribution in [3.05, 3.63) is 41.7 Å². The molecule has 98 valence electrons. The summed E-state index contributed by atoms with van der Waals surface area (Å²) in [5.74, 6) is -0.428. The molecule has 0 radical (unpaired) electrons. The summed E-state index contributed by atoms with van der Waals surface area (Å²) in [6, 6.07) is 6.81. The summed E-state index contributed by atoms with van der Waals surface area (Å²) in [5, 5.41) is 21.4. The molecule has 0 saturated carbocycles. The van der Waals surface area contributed by atoms with Crippen molar-refractivity contribution >= 4 is 17.4 Å². The number of hydrogen-bond acceptors (Lipinski definition) is 5. The first kappa shape index (κ1) is 12.6. The molecule has 1 amide bonds. The van der Waals surface area contributed by atoms with E-state index < -0.39 is 0 Å². The average Bonchev–Trinajstić information content (AvgIpc) is 2.99. The second-order valence-corrected chi connectivity index (χ2v) is 3.72. The minimum atomic E-state index is -0.355. The first-order chi connectivity index (χ1) is 9.15. The predicted octanol–water partition coefficient (Wildman–Crippen LogP) is 0.176. The molecule has 8 heteroatoms. The first-order valence-electron chi connectivity index (χ1n) is 5.36. The third kappa shape index (κ3) is 2.37. The van der Waals surface area contributed by atoms with E-state index in [2.05, 4.69) is 20.6 Å². The summed E-state index contributed by atoms with van der Waals surface area (Å²) < 4.78 is 0. The second-order valence-electron chi connectivity index (χ2n) is 3.72. The zero-order valence-electron chi connectivity index (χ0n) is 10.1. The molecule has 19 heavy (non-hydrogen) atoms. The van der Waals surface area contributed by atoms with Crippen molar-refractivity contribution in [1.29, 1.82) is 0 Å². The van der Waals surface area contributed by atoms with Crippen molar-refractivity contribution < 1.29 is 10.0 Å². The molecular formula is C11H12N6O2. The number of carbonyl (C=O) groups excluding carboxylic acids is 1. The van der Waals surface area contributed by atoms with Crippen molar-refractivity contribution in [2.75, 3.05) is 11.9 Å². The molecule has 8 nitrogen and oxygen atoms in total. The van der Waals surface area contributed by atoms with Crippen LogP contribution in [0.5, 0.6) is 0 Å². The molecule has 0 bridgehead atoms. The van der Waals surface area contributed by atoms with E-state index in [-0.39, 0.29) is 17.4 Å². The number of H-pyrrole nitrogens is 1. The van der Waals surface area contributed by atoms with Crippen molar-refractivity contribution in [3.8, 4) is 0 Å². The van der Waals surface area contributed by atoms with Gasteiger partial charge in [0.1, 0.15) is 0 Å². The van der Waals surface area contributed by atoms with Gasteiger partial charge in [-0.05, 0) is 12.1 Å². The molecule has 0 aliphatic rings. The highest BCUT2D eigenvalue weighted by molar-refractivity contribution is 6.10. The molecular weight excluding hydrogens is 248 g/mol. The molecule has 0 aliphatic heterocycles. The number of rotatable bonds is 3. The zero-order chi connectivity index (χ0) is 13.8. The van der Waals surface area contributed by atoms with Gasteiger partial charge in [-0.2, -0.15) is 15.4 Å². The van der Waals surface area contributed by atoms with Gasteiger partial charge in [-0.1, -0.05) is 17.3 Å². The highest BCUT2D eigenvalue weighted by atomic mass is 16.4. The van der Waals surface area contributed by atoms with Crippen molar-refractivity contribution in [3.63, 3.8) is 0 Å². The first-order valence-corrected chi connectivity index (χ1v) is 5.36. The molecule has 0 atom stereocenters. The van der Waals surface area contributed by atoms with Gasteiger partial charge in [0, 0.05) is 12.6 Å². The summed E-state index contributed by atoms with van der Waals surface area (Å²) in [4.78, 5) is 13.5. The maximum atomic E-state index is 12.1. The van der Waals surface area contributed by atoms with Crippen LogP contribution in [0.1, 0.15) is 16.1 Å². The Bertz CT molecular complexity index is 607. The SMILES string of the molecule is CN(C(=O)c1cn[nH]n1)c1ccccc1C(N)=NO. The number of aromatic amines is 1. The number of oxime groups is 1. The maximum absolute atomic E-state index is 12.1. The molecule has 0 spiro atoms. The van der Waals surface area contributed by atoms with Gasteiger partial charge >= 0.3 is 0 Å². The molecule has 1 aromatic heterocycles. The monoisotopic (exact) mass is 260 g/mol. The molecule has 0 unspecified atom stereocenters. The normalized spacial score (nSPS) is 11.3. The fraction of sp³-hybridized carbons (Fsp3) is 0.0909. The number of aromatic nitrogens is 3. The topological polar surface area (TPSA) is 120 Å². The Balaban J connectivity index is 2.39. The number of carbonyl (C=O) groups is 1. The fourth-order valence-electron chi connectivity index (χ4n) is 1.62. The van der Waals surface area contributed by atoms with E-state index in [1.807, 2.05) is 0 Å². The van der Waals surface area contributed by atoms with E-state index in [4.69, 9.17) is 10.9 Å². The number of hydrogen-bond donors (Lipinski definition) is 3. The molecule has 1 heterocycles. The fourth-order valence-corrected chi connectivity index (χ4v) is 1.62. The van der Waals surface area contributed by atoms with Crippen LogP contribution < -0.4 is 10.6 Å². The largest absolute Gasteiger partial charge is 0.409 e. The van der Waals surface area contributed by atoms with Gasteiger partial charge in [-0.25, -0.2) is 0 Å². The van der Waals surface area contributed by atoms with Gasteiger partial charge in [-0.3, -0.25) is 4.79 Å². The van der Waals surface area contributed by atoms with E-state index in [0.717, 1.165) is 0 Å². The number of benzene rings is 1. The van der Waals surface area contributed by atoms with E-state index in [9.17, 15) is 4.79 Å². The molecule has 0 fully saturated rings. The summed E-state index contributed by atoms with van der Waals surface area (Å²) in [5.41, 5.74) is 6.71. The lowest BCUT2D eigenvalue weighted by Crippen LogP contribution is -2.29. The van der Waals surface area contributed by atoms with Crippen LogP contribution in [-0.4, -0.2) is 39.4 Å². The third-order valence-electron chi connectivity index (χ3n) is 2.59. The van der Waals surface area contributed by atoms with Gasteiger partial charge < -0.3 is 15.8 Å². The zero-order valence-corrected chi connectivity index (χ0v) is 10.1. The average molecular weight is 260 g/mol. The Hall–Kier alpha value is -2.90. The standard InChI is InChI=1S/C11H12N6O2/c1-17(11(18)8-6-13-16-14-8)9-5-3-2-4-7(9)10(12)15-19/h2-6,19H,1H3,(H2,12,15)(H,13,14,16).